The van der Waals surface area contributed by atoms with Gasteiger partial charge in [-0.1, -0.05) is 13.3 Å². The van der Waals surface area contributed by atoms with Crippen molar-refractivity contribution in [1.29, 1.82) is 0 Å². The number of hydrogen-bond donors (Lipinski definition) is 1. The summed E-state index contributed by atoms with van der Waals surface area (Å²) in [6, 6.07) is 0. The van der Waals surface area contributed by atoms with Gasteiger partial charge in [-0.25, -0.2) is 4.98 Å². The van der Waals surface area contributed by atoms with Gasteiger partial charge in [-0.15, -0.1) is 0 Å². The summed E-state index contributed by atoms with van der Waals surface area (Å²) in [5.74, 6) is 1.22. The molecule has 2 unspecified atom stereocenters. The third-order valence-corrected chi connectivity index (χ3v) is 2.46. The molecule has 0 radical (unpaired) electrons. The molecule has 0 aliphatic heterocycles. The van der Waals surface area contributed by atoms with E-state index in [1.807, 2.05) is 14.0 Å². The molecule has 0 aromatic carbocycles. The van der Waals surface area contributed by atoms with Crippen molar-refractivity contribution in [2.75, 3.05) is 0 Å². The van der Waals surface area contributed by atoms with Crippen molar-refractivity contribution >= 4 is 0 Å². The molecule has 0 fully saturated rings. The average molecular weight is 183 g/mol. The van der Waals surface area contributed by atoms with Crippen LogP contribution in [0.25, 0.3) is 0 Å². The van der Waals surface area contributed by atoms with Crippen LogP contribution in [0, 0.1) is 5.92 Å². The van der Waals surface area contributed by atoms with Gasteiger partial charge in [0.2, 0.25) is 0 Å². The van der Waals surface area contributed by atoms with Gasteiger partial charge in [0, 0.05) is 13.5 Å². The third kappa shape index (κ3) is 2.52. The number of aromatic nitrogens is 3. The van der Waals surface area contributed by atoms with E-state index >= 15 is 0 Å². The largest absolute Gasteiger partial charge is 0.393 e. The van der Waals surface area contributed by atoms with Crippen LogP contribution >= 0.6 is 0 Å². The Bertz CT molecular complexity index is 257. The lowest BCUT2D eigenvalue weighted by Crippen LogP contribution is -2.20. The topological polar surface area (TPSA) is 50.9 Å². The van der Waals surface area contributed by atoms with Gasteiger partial charge in [0.25, 0.3) is 0 Å². The van der Waals surface area contributed by atoms with E-state index < -0.39 is 0 Å². The van der Waals surface area contributed by atoms with Crippen LogP contribution in [0.4, 0.5) is 0 Å². The maximum absolute atomic E-state index is 9.44. The second-order valence-corrected chi connectivity index (χ2v) is 3.41. The smallest absolute Gasteiger partial charge is 0.138 e. The van der Waals surface area contributed by atoms with Crippen molar-refractivity contribution < 1.29 is 5.11 Å². The Balaban J connectivity index is 2.62. The van der Waals surface area contributed by atoms with Crippen LogP contribution in [0.15, 0.2) is 6.33 Å². The molecule has 1 aromatic heterocycles. The highest BCUT2D eigenvalue weighted by Crippen LogP contribution is 2.13. The highest BCUT2D eigenvalue weighted by Gasteiger charge is 2.15. The number of hydrogen-bond acceptors (Lipinski definition) is 3. The molecule has 1 heterocycles. The lowest BCUT2D eigenvalue weighted by molar-refractivity contribution is 0.121. The van der Waals surface area contributed by atoms with Gasteiger partial charge in [-0.05, 0) is 12.8 Å². The van der Waals surface area contributed by atoms with E-state index in [4.69, 9.17) is 0 Å². The van der Waals surface area contributed by atoms with E-state index in [9.17, 15) is 5.11 Å². The molecule has 0 saturated heterocycles. The summed E-state index contributed by atoms with van der Waals surface area (Å²) >= 11 is 0. The first-order valence-corrected chi connectivity index (χ1v) is 4.66. The molecule has 0 spiro atoms. The minimum atomic E-state index is -0.276. The minimum absolute atomic E-state index is 0.276. The summed E-state index contributed by atoms with van der Waals surface area (Å²) < 4.78 is 1.76. The molecular weight excluding hydrogens is 166 g/mol. The number of rotatable bonds is 4. The van der Waals surface area contributed by atoms with E-state index in [0.29, 0.717) is 0 Å². The van der Waals surface area contributed by atoms with Gasteiger partial charge in [0.1, 0.15) is 12.2 Å². The molecule has 2 atom stereocenters. The van der Waals surface area contributed by atoms with Gasteiger partial charge >= 0.3 is 0 Å². The summed E-state index contributed by atoms with van der Waals surface area (Å²) in [6.07, 6.45) is 3.03. The quantitative estimate of drug-likeness (QED) is 0.750. The van der Waals surface area contributed by atoms with Crippen LogP contribution in [0.5, 0.6) is 0 Å². The molecular formula is C9H17N3O. The monoisotopic (exact) mass is 183 g/mol. The third-order valence-electron chi connectivity index (χ3n) is 2.46. The van der Waals surface area contributed by atoms with Crippen molar-refractivity contribution in [3.63, 3.8) is 0 Å². The fourth-order valence-electron chi connectivity index (χ4n) is 1.40. The zero-order valence-corrected chi connectivity index (χ0v) is 8.44. The van der Waals surface area contributed by atoms with Crippen LogP contribution in [0.2, 0.25) is 0 Å². The molecule has 1 N–H and O–H groups in total. The van der Waals surface area contributed by atoms with Crippen LogP contribution in [0.3, 0.4) is 0 Å². The molecule has 74 valence electrons. The average Bonchev–Trinajstić information content (AvgIpc) is 2.46. The van der Waals surface area contributed by atoms with Gasteiger partial charge in [-0.3, -0.25) is 4.68 Å². The van der Waals surface area contributed by atoms with E-state index in [1.165, 1.54) is 0 Å². The number of aliphatic hydroxyl groups excluding tert-OH is 1. The second kappa shape index (κ2) is 4.37. The summed E-state index contributed by atoms with van der Waals surface area (Å²) in [7, 11) is 1.87. The molecule has 0 bridgehead atoms. The molecule has 0 aliphatic carbocycles. The molecule has 0 aliphatic rings. The second-order valence-electron chi connectivity index (χ2n) is 3.41. The van der Waals surface area contributed by atoms with E-state index in [0.717, 1.165) is 18.7 Å². The zero-order valence-electron chi connectivity index (χ0n) is 8.44. The van der Waals surface area contributed by atoms with Crippen molar-refractivity contribution in [2.24, 2.45) is 13.0 Å². The Morgan fingerprint density at radius 2 is 2.31 bits per heavy atom. The van der Waals surface area contributed by atoms with Gasteiger partial charge in [-0.2, -0.15) is 5.10 Å². The predicted molar refractivity (Wildman–Crippen MR) is 50.2 cm³/mol. The van der Waals surface area contributed by atoms with E-state index in [2.05, 4.69) is 17.0 Å². The Morgan fingerprint density at radius 3 is 2.69 bits per heavy atom. The Kier molecular flexibility index (Phi) is 3.42. The summed E-state index contributed by atoms with van der Waals surface area (Å²) in [6.45, 7) is 3.90. The maximum atomic E-state index is 9.44. The Labute approximate surface area is 78.6 Å². The van der Waals surface area contributed by atoms with E-state index in [-0.39, 0.29) is 12.0 Å². The van der Waals surface area contributed by atoms with Gasteiger partial charge in [0.15, 0.2) is 0 Å². The highest BCUT2D eigenvalue weighted by molar-refractivity contribution is 4.87. The van der Waals surface area contributed by atoms with Crippen LogP contribution in [-0.2, 0) is 13.5 Å². The lowest BCUT2D eigenvalue weighted by Gasteiger charge is -2.16. The first kappa shape index (κ1) is 10.2. The fraction of sp³-hybridized carbons (Fsp3) is 0.778. The molecule has 1 aromatic rings. The van der Waals surface area contributed by atoms with Crippen molar-refractivity contribution in [1.82, 2.24) is 14.8 Å². The predicted octanol–water partition coefficient (Wildman–Crippen LogP) is 0.765. The SMILES string of the molecule is CCC(Cc1ncnn1C)C(C)O. The normalized spacial score (nSPS) is 15.7. The molecule has 4 nitrogen and oxygen atoms in total. The Hall–Kier alpha value is -0.900. The maximum Gasteiger partial charge on any atom is 0.138 e. The van der Waals surface area contributed by atoms with E-state index in [1.54, 1.807) is 11.0 Å². The van der Waals surface area contributed by atoms with Crippen molar-refractivity contribution in [2.45, 2.75) is 32.8 Å². The number of nitrogens with zero attached hydrogens (tertiary/aromatic N) is 3. The molecule has 0 saturated carbocycles. The fourth-order valence-corrected chi connectivity index (χ4v) is 1.40. The summed E-state index contributed by atoms with van der Waals surface area (Å²) in [4.78, 5) is 4.13. The van der Waals surface area contributed by atoms with Crippen LogP contribution < -0.4 is 0 Å². The van der Waals surface area contributed by atoms with Gasteiger partial charge < -0.3 is 5.11 Å². The lowest BCUT2D eigenvalue weighted by atomic mass is 9.96. The standard InChI is InChI=1S/C9H17N3O/c1-4-8(7(2)13)5-9-10-6-11-12(9)3/h6-8,13H,4-5H2,1-3H3. The molecule has 1 rings (SSSR count). The number of aliphatic hydroxyl groups is 1. The minimum Gasteiger partial charge on any atom is -0.393 e. The zero-order chi connectivity index (χ0) is 9.84. The summed E-state index contributed by atoms with van der Waals surface area (Å²) in [5.41, 5.74) is 0. The van der Waals surface area contributed by atoms with Crippen molar-refractivity contribution in [3.05, 3.63) is 12.2 Å². The Morgan fingerprint density at radius 1 is 1.62 bits per heavy atom. The van der Waals surface area contributed by atoms with Crippen LogP contribution in [-0.4, -0.2) is 26.0 Å². The van der Waals surface area contributed by atoms with Gasteiger partial charge in [0.05, 0.1) is 6.10 Å². The molecule has 0 amide bonds. The highest BCUT2D eigenvalue weighted by atomic mass is 16.3. The number of aryl methyl sites for hydroxylation is 1. The molecule has 13 heavy (non-hydrogen) atoms. The van der Waals surface area contributed by atoms with Crippen LogP contribution in [0.1, 0.15) is 26.1 Å². The first-order chi connectivity index (χ1) is 6.15. The summed E-state index contributed by atoms with van der Waals surface area (Å²) in [5, 5.41) is 13.4. The van der Waals surface area contributed by atoms with Crippen molar-refractivity contribution in [3.8, 4) is 0 Å². The molecule has 4 heteroatoms. The first-order valence-electron chi connectivity index (χ1n) is 4.66.